The van der Waals surface area contributed by atoms with E-state index in [1.54, 1.807) is 0 Å². The lowest BCUT2D eigenvalue weighted by atomic mass is 10.2. The predicted octanol–water partition coefficient (Wildman–Crippen LogP) is 1.23. The second-order valence-electron chi connectivity index (χ2n) is 4.14. The molecule has 0 rings (SSSR count). The van der Waals surface area contributed by atoms with Gasteiger partial charge in [0, 0.05) is 19.1 Å². The van der Waals surface area contributed by atoms with Crippen molar-refractivity contribution in [1.29, 1.82) is 0 Å². The predicted molar refractivity (Wildman–Crippen MR) is 62.1 cm³/mol. The number of hydrogen-bond acceptors (Lipinski definition) is 4. The van der Waals surface area contributed by atoms with Gasteiger partial charge < -0.3 is 15.6 Å². The number of rotatable bonds is 10. The second kappa shape index (κ2) is 10.4. The largest absolute Gasteiger partial charge is 0.395 e. The van der Waals surface area contributed by atoms with E-state index in [0.717, 1.165) is 32.4 Å². The Morgan fingerprint density at radius 1 is 1.07 bits per heavy atom. The van der Waals surface area contributed by atoms with Crippen LogP contribution in [0.3, 0.4) is 0 Å². The van der Waals surface area contributed by atoms with Crippen LogP contribution >= 0.6 is 0 Å². The molecule has 0 aromatic carbocycles. The van der Waals surface area contributed by atoms with Crippen LogP contribution in [0.2, 0.25) is 0 Å². The fourth-order valence-electron chi connectivity index (χ4n) is 1.34. The fraction of sp³-hybridized carbons (Fsp3) is 1.00. The van der Waals surface area contributed by atoms with Crippen LogP contribution in [-0.4, -0.2) is 47.7 Å². The molecule has 4 heteroatoms. The monoisotopic (exact) mass is 218 g/mol. The van der Waals surface area contributed by atoms with E-state index >= 15 is 0 Å². The van der Waals surface area contributed by atoms with Gasteiger partial charge in [-0.3, -0.25) is 0 Å². The average Bonchev–Trinajstić information content (AvgIpc) is 2.21. The molecule has 4 nitrogen and oxygen atoms in total. The Morgan fingerprint density at radius 3 is 2.33 bits per heavy atom. The van der Waals surface area contributed by atoms with E-state index in [1.165, 1.54) is 11.5 Å². The Balaban J connectivity index is 3.05. The van der Waals surface area contributed by atoms with Crippen LogP contribution in [0.4, 0.5) is 0 Å². The highest BCUT2D eigenvalue weighted by Crippen LogP contribution is 2.02. The van der Waals surface area contributed by atoms with Gasteiger partial charge in [-0.05, 0) is 33.2 Å². The number of unbranched alkanes of at least 4 members (excludes halogenated alkanes) is 3. The molecule has 0 bridgehead atoms. The minimum absolute atomic E-state index is 0.216. The zero-order valence-electron chi connectivity index (χ0n) is 10.1. The maximum absolute atomic E-state index is 9.39. The molecular formula is C11H26N2O2. The van der Waals surface area contributed by atoms with Gasteiger partial charge in [0.15, 0.2) is 0 Å². The van der Waals surface area contributed by atoms with Crippen molar-refractivity contribution in [3.05, 3.63) is 0 Å². The lowest BCUT2D eigenvalue weighted by Crippen LogP contribution is -2.27. The summed E-state index contributed by atoms with van der Waals surface area (Å²) in [6, 6.07) is 0.219. The zero-order valence-corrected chi connectivity index (χ0v) is 10.1. The van der Waals surface area contributed by atoms with Crippen LogP contribution in [0.1, 0.15) is 39.5 Å². The molecule has 0 aromatic heterocycles. The summed E-state index contributed by atoms with van der Waals surface area (Å²) in [5.74, 6) is 0. The summed E-state index contributed by atoms with van der Waals surface area (Å²) in [6.45, 7) is 6.62. The number of hydrogen-bond donors (Lipinski definition) is 3. The quantitative estimate of drug-likeness (QED) is 0.381. The van der Waals surface area contributed by atoms with Gasteiger partial charge in [-0.1, -0.05) is 12.8 Å². The molecule has 0 saturated heterocycles. The SMILES string of the molecule is CC(C)N(O)CCCCCCNCCO. The molecule has 0 atom stereocenters. The summed E-state index contributed by atoms with van der Waals surface area (Å²) < 4.78 is 0. The molecule has 0 saturated carbocycles. The highest BCUT2D eigenvalue weighted by Gasteiger charge is 2.03. The molecule has 0 radical (unpaired) electrons. The molecule has 0 aliphatic carbocycles. The third-order valence-corrected chi connectivity index (χ3v) is 2.38. The molecule has 0 heterocycles. The van der Waals surface area contributed by atoms with Crippen LogP contribution in [0.25, 0.3) is 0 Å². The van der Waals surface area contributed by atoms with Crippen molar-refractivity contribution in [2.24, 2.45) is 0 Å². The number of nitrogens with one attached hydrogen (secondary N) is 1. The molecule has 3 N–H and O–H groups in total. The number of aliphatic hydroxyl groups excluding tert-OH is 1. The maximum atomic E-state index is 9.39. The van der Waals surface area contributed by atoms with Crippen molar-refractivity contribution in [3.63, 3.8) is 0 Å². The normalized spacial score (nSPS) is 11.6. The molecule has 0 unspecified atom stereocenters. The first-order valence-electron chi connectivity index (χ1n) is 5.95. The molecule has 15 heavy (non-hydrogen) atoms. The van der Waals surface area contributed by atoms with Crippen molar-refractivity contribution in [3.8, 4) is 0 Å². The van der Waals surface area contributed by atoms with Gasteiger partial charge in [0.2, 0.25) is 0 Å². The third kappa shape index (κ3) is 10.1. The smallest absolute Gasteiger partial charge is 0.0555 e. The molecular weight excluding hydrogens is 192 g/mol. The minimum atomic E-state index is 0.216. The molecule has 92 valence electrons. The van der Waals surface area contributed by atoms with E-state index in [0.29, 0.717) is 6.54 Å². The standard InChI is InChI=1S/C11H26N2O2/c1-11(2)13(15)9-6-4-3-5-7-12-8-10-14/h11-12,14-15H,3-10H2,1-2H3. The van der Waals surface area contributed by atoms with E-state index in [4.69, 9.17) is 5.11 Å². The van der Waals surface area contributed by atoms with Crippen molar-refractivity contribution < 1.29 is 10.3 Å². The summed E-state index contributed by atoms with van der Waals surface area (Å²) in [6.07, 6.45) is 4.54. The third-order valence-electron chi connectivity index (χ3n) is 2.38. The van der Waals surface area contributed by atoms with Gasteiger partial charge in [-0.15, -0.1) is 0 Å². The van der Waals surface area contributed by atoms with Crippen LogP contribution in [-0.2, 0) is 0 Å². The van der Waals surface area contributed by atoms with Gasteiger partial charge in [0.05, 0.1) is 6.61 Å². The summed E-state index contributed by atoms with van der Waals surface area (Å²) in [4.78, 5) is 0. The molecule has 0 amide bonds. The second-order valence-corrected chi connectivity index (χ2v) is 4.14. The summed E-state index contributed by atoms with van der Waals surface area (Å²) in [5, 5.41) is 22.5. The average molecular weight is 218 g/mol. The number of nitrogens with zero attached hydrogens (tertiary/aromatic N) is 1. The summed E-state index contributed by atoms with van der Waals surface area (Å²) in [7, 11) is 0. The van der Waals surface area contributed by atoms with E-state index in [9.17, 15) is 5.21 Å². The van der Waals surface area contributed by atoms with Crippen LogP contribution in [0.15, 0.2) is 0 Å². The van der Waals surface area contributed by atoms with Crippen LogP contribution < -0.4 is 5.32 Å². The lowest BCUT2D eigenvalue weighted by molar-refractivity contribution is -0.117. The van der Waals surface area contributed by atoms with E-state index < -0.39 is 0 Å². The molecule has 0 fully saturated rings. The minimum Gasteiger partial charge on any atom is -0.395 e. The first-order chi connectivity index (χ1) is 7.18. The molecule has 0 aromatic rings. The van der Waals surface area contributed by atoms with E-state index in [2.05, 4.69) is 5.32 Å². The van der Waals surface area contributed by atoms with Crippen LogP contribution in [0, 0.1) is 0 Å². The number of hydroxylamine groups is 2. The van der Waals surface area contributed by atoms with Gasteiger partial charge in [0.25, 0.3) is 0 Å². The van der Waals surface area contributed by atoms with E-state index in [-0.39, 0.29) is 12.6 Å². The van der Waals surface area contributed by atoms with Gasteiger partial charge in [0.1, 0.15) is 0 Å². The molecule has 0 spiro atoms. The zero-order chi connectivity index (χ0) is 11.5. The fourth-order valence-corrected chi connectivity index (χ4v) is 1.34. The molecule has 0 aliphatic heterocycles. The van der Waals surface area contributed by atoms with Gasteiger partial charge >= 0.3 is 0 Å². The van der Waals surface area contributed by atoms with Crippen LogP contribution in [0.5, 0.6) is 0 Å². The highest BCUT2D eigenvalue weighted by molar-refractivity contribution is 4.53. The maximum Gasteiger partial charge on any atom is 0.0555 e. The Bertz CT molecular complexity index is 132. The topological polar surface area (TPSA) is 55.7 Å². The summed E-state index contributed by atoms with van der Waals surface area (Å²) in [5.41, 5.74) is 0. The molecule has 0 aliphatic rings. The lowest BCUT2D eigenvalue weighted by Gasteiger charge is -2.18. The van der Waals surface area contributed by atoms with Crippen molar-refractivity contribution in [1.82, 2.24) is 10.4 Å². The summed E-state index contributed by atoms with van der Waals surface area (Å²) >= 11 is 0. The Morgan fingerprint density at radius 2 is 1.73 bits per heavy atom. The first-order valence-corrected chi connectivity index (χ1v) is 5.95. The van der Waals surface area contributed by atoms with Crippen molar-refractivity contribution in [2.75, 3.05) is 26.2 Å². The van der Waals surface area contributed by atoms with Gasteiger partial charge in [-0.25, -0.2) is 0 Å². The first kappa shape index (κ1) is 14.8. The Hall–Kier alpha value is -0.160. The Labute approximate surface area is 93.2 Å². The number of aliphatic hydroxyl groups is 1. The Kier molecular flexibility index (Phi) is 10.3. The van der Waals surface area contributed by atoms with Crippen molar-refractivity contribution in [2.45, 2.75) is 45.6 Å². The van der Waals surface area contributed by atoms with Gasteiger partial charge in [-0.2, -0.15) is 5.06 Å². The highest BCUT2D eigenvalue weighted by atomic mass is 16.5. The van der Waals surface area contributed by atoms with Crippen molar-refractivity contribution >= 4 is 0 Å². The van der Waals surface area contributed by atoms with E-state index in [1.807, 2.05) is 13.8 Å².